The van der Waals surface area contributed by atoms with Crippen LogP contribution in [0.15, 0.2) is 0 Å². The number of nitrogens with one attached hydrogen (secondary N) is 1. The highest BCUT2D eigenvalue weighted by molar-refractivity contribution is 5.76. The van der Waals surface area contributed by atoms with Gasteiger partial charge in [-0.2, -0.15) is 0 Å². The van der Waals surface area contributed by atoms with Crippen molar-refractivity contribution in [2.75, 3.05) is 19.7 Å². The minimum Gasteiger partial charge on any atom is -0.459 e. The summed E-state index contributed by atoms with van der Waals surface area (Å²) in [4.78, 5) is 26.1. The molecule has 0 radical (unpaired) electrons. The monoisotopic (exact) mass is 356 g/mol. The van der Waals surface area contributed by atoms with Crippen LogP contribution in [0, 0.1) is 11.8 Å². The Morgan fingerprint density at radius 1 is 1.36 bits per heavy atom. The summed E-state index contributed by atoms with van der Waals surface area (Å²) in [7, 11) is 0. The van der Waals surface area contributed by atoms with Gasteiger partial charge in [0.15, 0.2) is 0 Å². The number of carbonyl (C=O) groups is 2. The molecule has 1 aliphatic rings. The van der Waals surface area contributed by atoms with E-state index < -0.39 is 5.60 Å². The van der Waals surface area contributed by atoms with E-state index in [1.807, 2.05) is 27.7 Å². The summed E-state index contributed by atoms with van der Waals surface area (Å²) in [5.74, 6) is 0.102. The van der Waals surface area contributed by atoms with Crippen LogP contribution in [-0.4, -0.2) is 59.3 Å². The molecule has 2 unspecified atom stereocenters. The van der Waals surface area contributed by atoms with Gasteiger partial charge in [-0.1, -0.05) is 13.3 Å². The van der Waals surface area contributed by atoms with Crippen molar-refractivity contribution in [2.24, 2.45) is 11.8 Å². The lowest BCUT2D eigenvalue weighted by molar-refractivity contribution is -0.160. The van der Waals surface area contributed by atoms with Gasteiger partial charge >= 0.3 is 5.97 Å². The van der Waals surface area contributed by atoms with E-state index in [1.54, 1.807) is 0 Å². The molecule has 0 aliphatic carbocycles. The minimum atomic E-state index is -0.521. The summed E-state index contributed by atoms with van der Waals surface area (Å²) in [5, 5.41) is 12.5. The van der Waals surface area contributed by atoms with Crippen LogP contribution >= 0.6 is 0 Å². The van der Waals surface area contributed by atoms with Crippen molar-refractivity contribution in [3.63, 3.8) is 0 Å². The fourth-order valence-corrected chi connectivity index (χ4v) is 3.56. The molecule has 1 heterocycles. The Labute approximate surface area is 152 Å². The second kappa shape index (κ2) is 9.53. The van der Waals surface area contributed by atoms with E-state index in [1.165, 1.54) is 6.92 Å². The second-order valence-corrected chi connectivity index (χ2v) is 8.33. The van der Waals surface area contributed by atoms with Crippen LogP contribution in [0.1, 0.15) is 60.8 Å². The van der Waals surface area contributed by atoms with Crippen LogP contribution in [-0.2, 0) is 14.3 Å². The van der Waals surface area contributed by atoms with Crippen molar-refractivity contribution in [1.82, 2.24) is 10.2 Å². The molecule has 2 N–H and O–H groups in total. The molecule has 1 rings (SSSR count). The van der Waals surface area contributed by atoms with E-state index in [9.17, 15) is 14.7 Å². The SMILES string of the molecule is CCCC(CN1C[C@H](CO)C[C@@H]1C(=O)OC(C)(C)C)C(C)NC(C)=O. The number of amides is 1. The third-order valence-electron chi connectivity index (χ3n) is 4.69. The van der Waals surface area contributed by atoms with Gasteiger partial charge in [0.2, 0.25) is 5.91 Å². The third-order valence-corrected chi connectivity index (χ3v) is 4.69. The molecule has 0 saturated carbocycles. The predicted octanol–water partition coefficient (Wildman–Crippen LogP) is 1.95. The number of nitrogens with zero attached hydrogens (tertiary/aromatic N) is 1. The number of esters is 1. The van der Waals surface area contributed by atoms with Gasteiger partial charge in [0.1, 0.15) is 11.6 Å². The first-order valence-electron chi connectivity index (χ1n) is 9.42. The lowest BCUT2D eigenvalue weighted by Gasteiger charge is -2.32. The van der Waals surface area contributed by atoms with Crippen molar-refractivity contribution in [2.45, 2.75) is 78.5 Å². The van der Waals surface area contributed by atoms with Crippen molar-refractivity contribution < 1.29 is 19.4 Å². The number of likely N-dealkylation sites (tertiary alicyclic amines) is 1. The summed E-state index contributed by atoms with van der Waals surface area (Å²) in [6.45, 7) is 12.8. The minimum absolute atomic E-state index is 0.0352. The third kappa shape index (κ3) is 7.32. The molecule has 1 saturated heterocycles. The number of hydrogen-bond donors (Lipinski definition) is 2. The Morgan fingerprint density at radius 2 is 2.00 bits per heavy atom. The van der Waals surface area contributed by atoms with Gasteiger partial charge in [0.25, 0.3) is 0 Å². The van der Waals surface area contributed by atoms with Crippen LogP contribution in [0.5, 0.6) is 0 Å². The highest BCUT2D eigenvalue weighted by Gasteiger charge is 2.40. The lowest BCUT2D eigenvalue weighted by atomic mass is 9.95. The van der Waals surface area contributed by atoms with Crippen LogP contribution in [0.3, 0.4) is 0 Å². The van der Waals surface area contributed by atoms with Crippen molar-refractivity contribution in [1.29, 1.82) is 0 Å². The first-order valence-corrected chi connectivity index (χ1v) is 9.42. The zero-order chi connectivity index (χ0) is 19.2. The second-order valence-electron chi connectivity index (χ2n) is 8.33. The van der Waals surface area contributed by atoms with Crippen LogP contribution in [0.2, 0.25) is 0 Å². The Hall–Kier alpha value is -1.14. The molecular formula is C19H36N2O4. The van der Waals surface area contributed by atoms with Gasteiger partial charge in [-0.15, -0.1) is 0 Å². The quantitative estimate of drug-likeness (QED) is 0.650. The molecule has 1 aliphatic heterocycles. The summed E-state index contributed by atoms with van der Waals surface area (Å²) in [6.07, 6.45) is 2.62. The standard InChI is InChI=1S/C19H36N2O4/c1-7-8-16(13(2)20-14(3)23)11-21-10-15(12-22)9-17(21)18(24)25-19(4,5)6/h13,15-17,22H,7-12H2,1-6H3,(H,20,23)/t13?,15-,16?,17-/m1/s1. The summed E-state index contributed by atoms with van der Waals surface area (Å²) in [6, 6.07) is -0.273. The highest BCUT2D eigenvalue weighted by Crippen LogP contribution is 2.28. The number of ether oxygens (including phenoxy) is 1. The van der Waals surface area contributed by atoms with Crippen molar-refractivity contribution >= 4 is 11.9 Å². The predicted molar refractivity (Wildman–Crippen MR) is 98.1 cm³/mol. The maximum Gasteiger partial charge on any atom is 0.323 e. The van der Waals surface area contributed by atoms with Gasteiger partial charge in [-0.05, 0) is 52.4 Å². The average Bonchev–Trinajstić information content (AvgIpc) is 2.87. The topological polar surface area (TPSA) is 78.9 Å². The number of hydrogen-bond acceptors (Lipinski definition) is 5. The van der Waals surface area contributed by atoms with Crippen LogP contribution in [0.25, 0.3) is 0 Å². The van der Waals surface area contributed by atoms with E-state index in [0.717, 1.165) is 19.4 Å². The fourth-order valence-electron chi connectivity index (χ4n) is 3.56. The summed E-state index contributed by atoms with van der Waals surface area (Å²) in [5.41, 5.74) is -0.521. The van der Waals surface area contributed by atoms with Crippen molar-refractivity contribution in [3.05, 3.63) is 0 Å². The number of aliphatic hydroxyl groups is 1. The molecule has 1 fully saturated rings. The zero-order valence-corrected chi connectivity index (χ0v) is 16.7. The Bertz CT molecular complexity index is 447. The molecule has 0 aromatic rings. The number of carbonyl (C=O) groups excluding carboxylic acids is 2. The van der Waals surface area contributed by atoms with E-state index in [0.29, 0.717) is 13.0 Å². The zero-order valence-electron chi connectivity index (χ0n) is 16.7. The molecule has 146 valence electrons. The van der Waals surface area contributed by atoms with Crippen molar-refractivity contribution in [3.8, 4) is 0 Å². The molecule has 6 nitrogen and oxygen atoms in total. The molecule has 0 aromatic heterocycles. The first-order chi connectivity index (χ1) is 11.6. The molecular weight excluding hydrogens is 320 g/mol. The van der Waals surface area contributed by atoms with Gasteiger partial charge in [0.05, 0.1) is 0 Å². The van der Waals surface area contributed by atoms with Crippen LogP contribution < -0.4 is 5.32 Å². The maximum absolute atomic E-state index is 12.6. The fraction of sp³-hybridized carbons (Fsp3) is 0.895. The smallest absolute Gasteiger partial charge is 0.323 e. The molecule has 0 spiro atoms. The average molecular weight is 357 g/mol. The Morgan fingerprint density at radius 3 is 2.48 bits per heavy atom. The molecule has 6 heteroatoms. The van der Waals surface area contributed by atoms with Gasteiger partial charge < -0.3 is 15.2 Å². The number of aliphatic hydroxyl groups excluding tert-OH is 1. The van der Waals surface area contributed by atoms with E-state index in [-0.39, 0.29) is 42.4 Å². The normalized spacial score (nSPS) is 24.0. The van der Waals surface area contributed by atoms with Gasteiger partial charge in [-0.25, -0.2) is 0 Å². The van der Waals surface area contributed by atoms with Crippen LogP contribution in [0.4, 0.5) is 0 Å². The highest BCUT2D eigenvalue weighted by atomic mass is 16.6. The first kappa shape index (κ1) is 21.9. The Balaban J connectivity index is 2.84. The molecule has 1 amide bonds. The lowest BCUT2D eigenvalue weighted by Crippen LogP contribution is -2.46. The Kier molecular flexibility index (Phi) is 8.35. The van der Waals surface area contributed by atoms with Gasteiger partial charge in [-0.3, -0.25) is 14.5 Å². The largest absolute Gasteiger partial charge is 0.459 e. The summed E-state index contributed by atoms with van der Waals surface area (Å²) < 4.78 is 5.58. The molecule has 0 bridgehead atoms. The van der Waals surface area contributed by atoms with E-state index >= 15 is 0 Å². The molecule has 0 aromatic carbocycles. The van der Waals surface area contributed by atoms with E-state index in [2.05, 4.69) is 17.1 Å². The maximum atomic E-state index is 12.6. The molecule has 25 heavy (non-hydrogen) atoms. The van der Waals surface area contributed by atoms with Gasteiger partial charge in [0, 0.05) is 32.7 Å². The van der Waals surface area contributed by atoms with E-state index in [4.69, 9.17) is 4.74 Å². The summed E-state index contributed by atoms with van der Waals surface area (Å²) >= 11 is 0. The number of rotatable bonds is 8. The molecule has 4 atom stereocenters.